The molecule has 2 unspecified atom stereocenters. The van der Waals surface area contributed by atoms with Gasteiger partial charge in [0.05, 0.1) is 6.10 Å². The smallest absolute Gasteiger partial charge is 0.0700 e. The lowest BCUT2D eigenvalue weighted by molar-refractivity contribution is 0.106. The van der Waals surface area contributed by atoms with Crippen molar-refractivity contribution in [2.45, 2.75) is 50.3 Å². The van der Waals surface area contributed by atoms with Crippen LogP contribution < -0.4 is 5.32 Å². The van der Waals surface area contributed by atoms with Gasteiger partial charge in [0.15, 0.2) is 0 Å². The highest BCUT2D eigenvalue weighted by atomic mass is 35.5. The first-order valence-corrected chi connectivity index (χ1v) is 7.24. The summed E-state index contributed by atoms with van der Waals surface area (Å²) in [5.41, 5.74) is 1.31. The molecule has 1 saturated carbocycles. The van der Waals surface area contributed by atoms with E-state index in [1.807, 2.05) is 12.1 Å². The van der Waals surface area contributed by atoms with Gasteiger partial charge in [-0.1, -0.05) is 29.8 Å². The molecule has 1 aliphatic carbocycles. The molecule has 2 aliphatic rings. The average molecular weight is 266 g/mol. The van der Waals surface area contributed by atoms with E-state index in [4.69, 9.17) is 16.3 Å². The lowest BCUT2D eigenvalue weighted by Crippen LogP contribution is -2.47. The summed E-state index contributed by atoms with van der Waals surface area (Å²) in [7, 11) is 0. The van der Waals surface area contributed by atoms with Crippen molar-refractivity contribution < 1.29 is 4.74 Å². The standard InChI is InChI=1S/C15H20ClNO/c1-10-15(6-7-18-10)17-12-8-11(9-12)13-4-2-3-5-14(13)16/h2-5,10-12,15,17H,6-9H2,1H3. The molecule has 1 N–H and O–H groups in total. The number of nitrogens with one attached hydrogen (secondary N) is 1. The molecule has 1 aliphatic heterocycles. The van der Waals surface area contributed by atoms with Crippen molar-refractivity contribution in [3.63, 3.8) is 0 Å². The number of ether oxygens (including phenoxy) is 1. The molecule has 0 radical (unpaired) electrons. The van der Waals surface area contributed by atoms with Crippen LogP contribution in [0, 0.1) is 0 Å². The van der Waals surface area contributed by atoms with Gasteiger partial charge < -0.3 is 10.1 Å². The van der Waals surface area contributed by atoms with Gasteiger partial charge in [0.2, 0.25) is 0 Å². The van der Waals surface area contributed by atoms with E-state index in [1.165, 1.54) is 18.4 Å². The lowest BCUT2D eigenvalue weighted by atomic mass is 9.75. The summed E-state index contributed by atoms with van der Waals surface area (Å²) in [6.45, 7) is 3.06. The third-order valence-electron chi connectivity index (χ3n) is 4.31. The van der Waals surface area contributed by atoms with Crippen molar-refractivity contribution in [2.24, 2.45) is 0 Å². The topological polar surface area (TPSA) is 21.3 Å². The molecule has 1 saturated heterocycles. The van der Waals surface area contributed by atoms with E-state index >= 15 is 0 Å². The van der Waals surface area contributed by atoms with Crippen molar-refractivity contribution in [1.82, 2.24) is 5.32 Å². The molecule has 1 heterocycles. The molecule has 3 heteroatoms. The molecule has 3 rings (SSSR count). The largest absolute Gasteiger partial charge is 0.377 e. The minimum Gasteiger partial charge on any atom is -0.377 e. The highest BCUT2D eigenvalue weighted by Crippen LogP contribution is 2.40. The molecular weight excluding hydrogens is 246 g/mol. The molecule has 0 amide bonds. The Bertz CT molecular complexity index is 417. The zero-order valence-electron chi connectivity index (χ0n) is 10.7. The van der Waals surface area contributed by atoms with Crippen LogP contribution in [-0.4, -0.2) is 24.8 Å². The van der Waals surface area contributed by atoms with Gasteiger partial charge in [-0.05, 0) is 43.7 Å². The van der Waals surface area contributed by atoms with E-state index in [0.29, 0.717) is 24.1 Å². The normalized spacial score (nSPS) is 35.4. The number of rotatable bonds is 3. The van der Waals surface area contributed by atoms with Crippen LogP contribution >= 0.6 is 11.6 Å². The van der Waals surface area contributed by atoms with Crippen molar-refractivity contribution in [3.8, 4) is 0 Å². The second-order valence-corrected chi connectivity index (χ2v) is 5.93. The SMILES string of the molecule is CC1OCCC1NC1CC(c2ccccc2Cl)C1. The molecular formula is C15H20ClNO. The predicted molar refractivity (Wildman–Crippen MR) is 74.2 cm³/mol. The van der Waals surface area contributed by atoms with Crippen LogP contribution in [0.5, 0.6) is 0 Å². The van der Waals surface area contributed by atoms with Gasteiger partial charge in [-0.25, -0.2) is 0 Å². The Hall–Kier alpha value is -0.570. The van der Waals surface area contributed by atoms with Crippen molar-refractivity contribution in [1.29, 1.82) is 0 Å². The Morgan fingerprint density at radius 2 is 2.06 bits per heavy atom. The van der Waals surface area contributed by atoms with E-state index in [0.717, 1.165) is 18.1 Å². The molecule has 1 aromatic rings. The van der Waals surface area contributed by atoms with Crippen LogP contribution in [0.1, 0.15) is 37.7 Å². The van der Waals surface area contributed by atoms with E-state index in [-0.39, 0.29) is 0 Å². The summed E-state index contributed by atoms with van der Waals surface area (Å²) in [6.07, 6.45) is 3.92. The zero-order valence-corrected chi connectivity index (χ0v) is 11.5. The lowest BCUT2D eigenvalue weighted by Gasteiger charge is -2.39. The predicted octanol–water partition coefficient (Wildman–Crippen LogP) is 3.35. The third-order valence-corrected chi connectivity index (χ3v) is 4.65. The second-order valence-electron chi connectivity index (χ2n) is 5.52. The van der Waals surface area contributed by atoms with E-state index < -0.39 is 0 Å². The Balaban J connectivity index is 1.53. The van der Waals surface area contributed by atoms with E-state index in [1.54, 1.807) is 0 Å². The molecule has 0 bridgehead atoms. The second kappa shape index (κ2) is 5.20. The molecule has 0 aromatic heterocycles. The van der Waals surface area contributed by atoms with Crippen molar-refractivity contribution in [3.05, 3.63) is 34.9 Å². The molecule has 2 atom stereocenters. The van der Waals surface area contributed by atoms with Gasteiger partial charge in [0.25, 0.3) is 0 Å². The first kappa shape index (κ1) is 12.5. The highest BCUT2D eigenvalue weighted by Gasteiger charge is 2.35. The maximum atomic E-state index is 6.23. The number of hydrogen-bond acceptors (Lipinski definition) is 2. The summed E-state index contributed by atoms with van der Waals surface area (Å²) < 4.78 is 5.58. The van der Waals surface area contributed by atoms with Crippen LogP contribution in [0.15, 0.2) is 24.3 Å². The quantitative estimate of drug-likeness (QED) is 0.905. The maximum absolute atomic E-state index is 6.23. The fourth-order valence-corrected chi connectivity index (χ4v) is 3.36. The van der Waals surface area contributed by atoms with Crippen LogP contribution in [0.25, 0.3) is 0 Å². The Kier molecular flexibility index (Phi) is 3.60. The summed E-state index contributed by atoms with van der Waals surface area (Å²) >= 11 is 6.23. The molecule has 2 nitrogen and oxygen atoms in total. The van der Waals surface area contributed by atoms with Crippen LogP contribution in [0.4, 0.5) is 0 Å². The minimum absolute atomic E-state index is 0.365. The van der Waals surface area contributed by atoms with Crippen molar-refractivity contribution in [2.75, 3.05) is 6.61 Å². The Morgan fingerprint density at radius 1 is 1.28 bits per heavy atom. The van der Waals surface area contributed by atoms with Gasteiger partial charge in [-0.15, -0.1) is 0 Å². The number of hydrogen-bond donors (Lipinski definition) is 1. The van der Waals surface area contributed by atoms with Crippen LogP contribution in [0.2, 0.25) is 5.02 Å². The summed E-state index contributed by atoms with van der Waals surface area (Å²) in [4.78, 5) is 0. The van der Waals surface area contributed by atoms with Gasteiger partial charge in [0, 0.05) is 23.7 Å². The average Bonchev–Trinajstić information content (AvgIpc) is 2.70. The van der Waals surface area contributed by atoms with Gasteiger partial charge in [-0.3, -0.25) is 0 Å². The summed E-state index contributed by atoms with van der Waals surface area (Å²) in [5.74, 6) is 0.633. The highest BCUT2D eigenvalue weighted by molar-refractivity contribution is 6.31. The Labute approximate surface area is 114 Å². The number of benzene rings is 1. The monoisotopic (exact) mass is 265 g/mol. The van der Waals surface area contributed by atoms with Gasteiger partial charge in [-0.2, -0.15) is 0 Å². The molecule has 1 aromatic carbocycles. The van der Waals surface area contributed by atoms with Crippen molar-refractivity contribution >= 4 is 11.6 Å². The van der Waals surface area contributed by atoms with Gasteiger partial charge in [0.1, 0.15) is 0 Å². The molecule has 98 valence electrons. The van der Waals surface area contributed by atoms with Crippen LogP contribution in [0.3, 0.4) is 0 Å². The zero-order chi connectivity index (χ0) is 12.5. The summed E-state index contributed by atoms with van der Waals surface area (Å²) in [6, 6.07) is 9.41. The molecule has 0 spiro atoms. The molecule has 18 heavy (non-hydrogen) atoms. The maximum Gasteiger partial charge on any atom is 0.0700 e. The Morgan fingerprint density at radius 3 is 2.72 bits per heavy atom. The van der Waals surface area contributed by atoms with E-state index in [9.17, 15) is 0 Å². The molecule has 2 fully saturated rings. The fraction of sp³-hybridized carbons (Fsp3) is 0.600. The fourth-order valence-electron chi connectivity index (χ4n) is 3.07. The minimum atomic E-state index is 0.365. The van der Waals surface area contributed by atoms with E-state index in [2.05, 4.69) is 24.4 Å². The third kappa shape index (κ3) is 2.42. The summed E-state index contributed by atoms with van der Waals surface area (Å²) in [5, 5.41) is 4.63. The number of halogens is 1. The first-order valence-electron chi connectivity index (χ1n) is 6.86. The van der Waals surface area contributed by atoms with Crippen LogP contribution in [-0.2, 0) is 4.74 Å². The first-order chi connectivity index (χ1) is 8.74. The van der Waals surface area contributed by atoms with Gasteiger partial charge >= 0.3 is 0 Å².